The standard InChI is InChI=1S/C17H26N2/c1-17(2)8-7-14(12-19-15-5-6-15)16(10-17)13-4-3-9-18-11-13/h3-4,9,11,14-16,19H,5-8,10,12H2,1-2H3. The van der Waals surface area contributed by atoms with Crippen LogP contribution in [0.1, 0.15) is 57.4 Å². The minimum atomic E-state index is 0.483. The van der Waals surface area contributed by atoms with Gasteiger partial charge in [0.2, 0.25) is 0 Å². The van der Waals surface area contributed by atoms with Crippen LogP contribution in [0, 0.1) is 11.3 Å². The molecule has 2 fully saturated rings. The van der Waals surface area contributed by atoms with Crippen LogP contribution in [0.25, 0.3) is 0 Å². The van der Waals surface area contributed by atoms with Gasteiger partial charge in [0.05, 0.1) is 0 Å². The molecule has 1 N–H and O–H groups in total. The molecule has 0 saturated heterocycles. The first-order valence-electron chi connectivity index (χ1n) is 7.77. The lowest BCUT2D eigenvalue weighted by molar-refractivity contribution is 0.159. The van der Waals surface area contributed by atoms with Gasteiger partial charge in [0.1, 0.15) is 0 Å². The van der Waals surface area contributed by atoms with Crippen molar-refractivity contribution in [2.75, 3.05) is 6.54 Å². The molecule has 2 atom stereocenters. The molecule has 19 heavy (non-hydrogen) atoms. The van der Waals surface area contributed by atoms with Gasteiger partial charge < -0.3 is 5.32 Å². The van der Waals surface area contributed by atoms with Gasteiger partial charge >= 0.3 is 0 Å². The van der Waals surface area contributed by atoms with Gasteiger partial charge in [-0.3, -0.25) is 4.98 Å². The van der Waals surface area contributed by atoms with E-state index >= 15 is 0 Å². The molecule has 2 aliphatic rings. The molecule has 0 aromatic carbocycles. The third-order valence-corrected chi connectivity index (χ3v) is 4.89. The molecular weight excluding hydrogens is 232 g/mol. The third-order valence-electron chi connectivity index (χ3n) is 4.89. The minimum absolute atomic E-state index is 0.483. The molecule has 0 amide bonds. The second-order valence-corrected chi connectivity index (χ2v) is 7.24. The Morgan fingerprint density at radius 3 is 2.84 bits per heavy atom. The van der Waals surface area contributed by atoms with Crippen molar-refractivity contribution in [1.82, 2.24) is 10.3 Å². The number of pyridine rings is 1. The average molecular weight is 258 g/mol. The smallest absolute Gasteiger partial charge is 0.0302 e. The van der Waals surface area contributed by atoms with E-state index in [1.807, 2.05) is 6.20 Å². The molecule has 2 aliphatic carbocycles. The SMILES string of the molecule is CC1(C)CCC(CNC2CC2)C(c2cccnc2)C1. The molecule has 0 bridgehead atoms. The summed E-state index contributed by atoms with van der Waals surface area (Å²) < 4.78 is 0. The van der Waals surface area contributed by atoms with Crippen LogP contribution in [0.2, 0.25) is 0 Å². The molecular formula is C17H26N2. The van der Waals surface area contributed by atoms with E-state index in [4.69, 9.17) is 0 Å². The van der Waals surface area contributed by atoms with Crippen molar-refractivity contribution in [2.24, 2.45) is 11.3 Å². The summed E-state index contributed by atoms with van der Waals surface area (Å²) >= 11 is 0. The second-order valence-electron chi connectivity index (χ2n) is 7.24. The molecule has 2 saturated carbocycles. The van der Waals surface area contributed by atoms with Gasteiger partial charge in [0.25, 0.3) is 0 Å². The van der Waals surface area contributed by atoms with Crippen LogP contribution in [0.4, 0.5) is 0 Å². The molecule has 1 aromatic heterocycles. The summed E-state index contributed by atoms with van der Waals surface area (Å²) in [6, 6.07) is 5.18. The maximum absolute atomic E-state index is 4.33. The fourth-order valence-corrected chi connectivity index (χ4v) is 3.48. The predicted molar refractivity (Wildman–Crippen MR) is 79.1 cm³/mol. The Labute approximate surface area is 117 Å². The predicted octanol–water partition coefficient (Wildman–Crippen LogP) is 3.74. The lowest BCUT2D eigenvalue weighted by Gasteiger charge is -2.41. The van der Waals surface area contributed by atoms with Crippen LogP contribution in [0.3, 0.4) is 0 Å². The summed E-state index contributed by atoms with van der Waals surface area (Å²) in [4.78, 5) is 4.33. The average Bonchev–Trinajstić information content (AvgIpc) is 3.22. The van der Waals surface area contributed by atoms with Gasteiger partial charge in [-0.05, 0) is 67.5 Å². The zero-order valence-corrected chi connectivity index (χ0v) is 12.2. The highest BCUT2D eigenvalue weighted by molar-refractivity contribution is 5.18. The summed E-state index contributed by atoms with van der Waals surface area (Å²) in [5.74, 6) is 1.47. The fourth-order valence-electron chi connectivity index (χ4n) is 3.48. The summed E-state index contributed by atoms with van der Waals surface area (Å²) in [5.41, 5.74) is 1.93. The zero-order valence-electron chi connectivity index (χ0n) is 12.2. The van der Waals surface area contributed by atoms with E-state index in [1.165, 1.54) is 44.2 Å². The molecule has 2 heteroatoms. The van der Waals surface area contributed by atoms with E-state index in [2.05, 4.69) is 42.5 Å². The van der Waals surface area contributed by atoms with Gasteiger partial charge in [-0.2, -0.15) is 0 Å². The molecule has 2 nitrogen and oxygen atoms in total. The van der Waals surface area contributed by atoms with Gasteiger partial charge in [-0.25, -0.2) is 0 Å². The lowest BCUT2D eigenvalue weighted by Crippen LogP contribution is -2.35. The number of rotatable bonds is 4. The van der Waals surface area contributed by atoms with E-state index in [1.54, 1.807) is 0 Å². The first kappa shape index (κ1) is 13.1. The number of aromatic nitrogens is 1. The minimum Gasteiger partial charge on any atom is -0.314 e. The molecule has 1 aromatic rings. The van der Waals surface area contributed by atoms with Gasteiger partial charge in [0, 0.05) is 18.4 Å². The normalized spacial score (nSPS) is 30.2. The van der Waals surface area contributed by atoms with E-state index in [9.17, 15) is 0 Å². The van der Waals surface area contributed by atoms with Gasteiger partial charge in [0.15, 0.2) is 0 Å². The van der Waals surface area contributed by atoms with Gasteiger partial charge in [-0.15, -0.1) is 0 Å². The highest BCUT2D eigenvalue weighted by Crippen LogP contribution is 2.46. The Kier molecular flexibility index (Phi) is 3.62. The highest BCUT2D eigenvalue weighted by atomic mass is 14.9. The molecule has 0 aliphatic heterocycles. The van der Waals surface area contributed by atoms with Crippen molar-refractivity contribution in [3.8, 4) is 0 Å². The fraction of sp³-hybridized carbons (Fsp3) is 0.706. The summed E-state index contributed by atoms with van der Waals surface area (Å²) in [7, 11) is 0. The molecule has 0 spiro atoms. The van der Waals surface area contributed by atoms with Crippen LogP contribution < -0.4 is 5.32 Å². The van der Waals surface area contributed by atoms with Crippen LogP contribution >= 0.6 is 0 Å². The Morgan fingerprint density at radius 2 is 2.16 bits per heavy atom. The second kappa shape index (κ2) is 5.24. The largest absolute Gasteiger partial charge is 0.314 e. The maximum atomic E-state index is 4.33. The first-order valence-corrected chi connectivity index (χ1v) is 7.77. The lowest BCUT2D eigenvalue weighted by atomic mass is 9.65. The summed E-state index contributed by atoms with van der Waals surface area (Å²) in [5, 5.41) is 3.73. The Bertz CT molecular complexity index is 407. The molecule has 1 heterocycles. The maximum Gasteiger partial charge on any atom is 0.0302 e. The van der Waals surface area contributed by atoms with Crippen LogP contribution in [0.5, 0.6) is 0 Å². The van der Waals surface area contributed by atoms with Crippen LogP contribution in [-0.4, -0.2) is 17.6 Å². The number of nitrogens with one attached hydrogen (secondary N) is 1. The third kappa shape index (κ3) is 3.36. The summed E-state index contributed by atoms with van der Waals surface area (Å²) in [6.45, 7) is 6.03. The molecule has 3 rings (SSSR count). The summed E-state index contributed by atoms with van der Waals surface area (Å²) in [6.07, 6.45) is 10.7. The van der Waals surface area contributed by atoms with Crippen LogP contribution in [-0.2, 0) is 0 Å². The van der Waals surface area contributed by atoms with Crippen molar-refractivity contribution in [3.05, 3.63) is 30.1 Å². The van der Waals surface area contributed by atoms with Crippen molar-refractivity contribution in [1.29, 1.82) is 0 Å². The topological polar surface area (TPSA) is 24.9 Å². The highest BCUT2D eigenvalue weighted by Gasteiger charge is 2.36. The quantitative estimate of drug-likeness (QED) is 0.890. The number of hydrogen-bond donors (Lipinski definition) is 1. The zero-order chi connectivity index (χ0) is 13.3. The van der Waals surface area contributed by atoms with Crippen molar-refractivity contribution >= 4 is 0 Å². The molecule has 2 unspecified atom stereocenters. The molecule has 0 radical (unpaired) electrons. The van der Waals surface area contributed by atoms with E-state index in [0.717, 1.165) is 12.0 Å². The Hall–Kier alpha value is -0.890. The van der Waals surface area contributed by atoms with E-state index < -0.39 is 0 Å². The first-order chi connectivity index (χ1) is 9.14. The Morgan fingerprint density at radius 1 is 1.32 bits per heavy atom. The molecule has 104 valence electrons. The monoisotopic (exact) mass is 258 g/mol. The van der Waals surface area contributed by atoms with Crippen molar-refractivity contribution in [2.45, 2.75) is 57.9 Å². The van der Waals surface area contributed by atoms with Crippen molar-refractivity contribution < 1.29 is 0 Å². The Balaban J connectivity index is 1.72. The number of hydrogen-bond acceptors (Lipinski definition) is 2. The number of nitrogens with zero attached hydrogens (tertiary/aromatic N) is 1. The van der Waals surface area contributed by atoms with Crippen LogP contribution in [0.15, 0.2) is 24.5 Å². The van der Waals surface area contributed by atoms with Gasteiger partial charge in [-0.1, -0.05) is 19.9 Å². The van der Waals surface area contributed by atoms with E-state index in [0.29, 0.717) is 11.3 Å². The van der Waals surface area contributed by atoms with Crippen molar-refractivity contribution in [3.63, 3.8) is 0 Å². The van der Waals surface area contributed by atoms with E-state index in [-0.39, 0.29) is 0 Å².